The highest BCUT2D eigenvalue weighted by molar-refractivity contribution is 4.84. The van der Waals surface area contributed by atoms with Crippen LogP contribution < -0.4 is 0 Å². The maximum absolute atomic E-state index is 8.69. The summed E-state index contributed by atoms with van der Waals surface area (Å²) >= 11 is 0. The van der Waals surface area contributed by atoms with Crippen molar-refractivity contribution < 1.29 is 20.5 Å². The minimum Gasteiger partial charge on any atom is -0.488 e. The van der Waals surface area contributed by atoms with Gasteiger partial charge in [-0.25, -0.2) is 5.06 Å². The minimum absolute atomic E-state index is 0.149. The van der Waals surface area contributed by atoms with Gasteiger partial charge in [0.1, 0.15) is 0 Å². The average Bonchev–Trinajstić information content (AvgIpc) is 1.87. The Morgan fingerprint density at radius 3 is 2.10 bits per heavy atom. The van der Waals surface area contributed by atoms with Gasteiger partial charge in [-0.15, -0.1) is 0 Å². The van der Waals surface area contributed by atoms with Gasteiger partial charge in [-0.2, -0.15) is 0 Å². The molecule has 0 unspecified atom stereocenters. The predicted molar refractivity (Wildman–Crippen MR) is 33.7 cm³/mol. The number of hydroxylamine groups is 2. The number of aliphatic hydroxyl groups is 3. The van der Waals surface area contributed by atoms with Crippen LogP contribution in [0, 0.1) is 0 Å². The van der Waals surface area contributed by atoms with Crippen LogP contribution in [0.15, 0.2) is 11.8 Å². The Morgan fingerprint density at radius 1 is 1.30 bits per heavy atom. The summed E-state index contributed by atoms with van der Waals surface area (Å²) in [5.41, 5.74) is 0. The average molecular weight is 149 g/mol. The molecule has 0 saturated heterocycles. The molecule has 0 aliphatic carbocycles. The Labute approximate surface area is 58.4 Å². The molecule has 0 aliphatic rings. The molecule has 5 heteroatoms. The van der Waals surface area contributed by atoms with Crippen molar-refractivity contribution >= 4 is 0 Å². The third-order valence-electron chi connectivity index (χ3n) is 0.880. The zero-order chi connectivity index (χ0) is 8.15. The van der Waals surface area contributed by atoms with Gasteiger partial charge in [-0.05, 0) is 6.42 Å². The monoisotopic (exact) mass is 149 g/mol. The molecule has 0 amide bonds. The maximum atomic E-state index is 8.69. The summed E-state index contributed by atoms with van der Waals surface area (Å²) in [4.78, 5) is 0. The summed E-state index contributed by atoms with van der Waals surface area (Å²) in [6, 6.07) is 0. The third kappa shape index (κ3) is 2.45. The lowest BCUT2D eigenvalue weighted by atomic mass is 10.5. The van der Waals surface area contributed by atoms with E-state index in [0.717, 1.165) is 0 Å². The van der Waals surface area contributed by atoms with E-state index in [-0.39, 0.29) is 6.54 Å². The highest BCUT2D eigenvalue weighted by Crippen LogP contribution is 1.99. The number of rotatable bonds is 3. The summed E-state index contributed by atoms with van der Waals surface area (Å²) in [5, 5.41) is 34.0. The number of hydrogen-bond acceptors (Lipinski definition) is 5. The van der Waals surface area contributed by atoms with Crippen LogP contribution in [0.25, 0.3) is 0 Å². The van der Waals surface area contributed by atoms with Gasteiger partial charge in [0.2, 0.25) is 0 Å². The molecule has 5 nitrogen and oxygen atoms in total. The highest BCUT2D eigenvalue weighted by Gasteiger charge is 2.08. The normalized spacial score (nSPS) is 9.00. The summed E-state index contributed by atoms with van der Waals surface area (Å²) in [7, 11) is 0. The van der Waals surface area contributed by atoms with Crippen LogP contribution in [-0.2, 0) is 0 Å². The van der Waals surface area contributed by atoms with E-state index < -0.39 is 11.8 Å². The van der Waals surface area contributed by atoms with Gasteiger partial charge in [0, 0.05) is 6.54 Å². The van der Waals surface area contributed by atoms with E-state index in [9.17, 15) is 0 Å². The smallest absolute Gasteiger partial charge is 0.339 e. The molecule has 0 aromatic carbocycles. The van der Waals surface area contributed by atoms with E-state index >= 15 is 0 Å². The molecule has 0 fully saturated rings. The maximum Gasteiger partial charge on any atom is 0.339 e. The van der Waals surface area contributed by atoms with Crippen molar-refractivity contribution in [1.82, 2.24) is 5.06 Å². The van der Waals surface area contributed by atoms with E-state index in [1.54, 1.807) is 6.92 Å². The molecule has 0 atom stereocenters. The molecular formula is C5H11NO4. The van der Waals surface area contributed by atoms with E-state index in [2.05, 4.69) is 0 Å². The van der Waals surface area contributed by atoms with Crippen LogP contribution in [0.1, 0.15) is 13.3 Å². The largest absolute Gasteiger partial charge is 0.488 e. The van der Waals surface area contributed by atoms with Gasteiger partial charge in [0.25, 0.3) is 5.88 Å². The first-order chi connectivity index (χ1) is 4.59. The Bertz CT molecular complexity index is 130. The molecule has 0 aromatic heterocycles. The predicted octanol–water partition coefficient (Wildman–Crippen LogP) is 0.888. The van der Waals surface area contributed by atoms with Crippen LogP contribution >= 0.6 is 0 Å². The van der Waals surface area contributed by atoms with Crippen LogP contribution in [0.5, 0.6) is 0 Å². The van der Waals surface area contributed by atoms with Crippen molar-refractivity contribution in [3.05, 3.63) is 11.8 Å². The standard InChI is InChI=1S/C5H11NO4/c1-2-3-6(10)4(7)5(8)9/h7-10H,2-3H2,1H3. The molecule has 0 heterocycles. The Hall–Kier alpha value is -1.10. The van der Waals surface area contributed by atoms with Gasteiger partial charge >= 0.3 is 5.95 Å². The topological polar surface area (TPSA) is 84.2 Å². The molecule has 0 aliphatic heterocycles. The van der Waals surface area contributed by atoms with Crippen molar-refractivity contribution in [2.75, 3.05) is 6.54 Å². The first-order valence-corrected chi connectivity index (χ1v) is 2.87. The zero-order valence-corrected chi connectivity index (χ0v) is 5.65. The first-order valence-electron chi connectivity index (χ1n) is 2.87. The molecule has 0 bridgehead atoms. The lowest BCUT2D eigenvalue weighted by Gasteiger charge is -2.12. The second kappa shape index (κ2) is 3.84. The first kappa shape index (κ1) is 8.90. The molecule has 0 radical (unpaired) electrons. The van der Waals surface area contributed by atoms with Gasteiger partial charge in [0.15, 0.2) is 0 Å². The summed E-state index contributed by atoms with van der Waals surface area (Å²) in [6.07, 6.45) is 0.591. The van der Waals surface area contributed by atoms with Crippen molar-refractivity contribution in [1.29, 1.82) is 0 Å². The van der Waals surface area contributed by atoms with Crippen molar-refractivity contribution in [3.8, 4) is 0 Å². The summed E-state index contributed by atoms with van der Waals surface area (Å²) < 4.78 is 0. The molecule has 0 saturated carbocycles. The Kier molecular flexibility index (Phi) is 3.42. The molecule has 60 valence electrons. The Morgan fingerprint density at radius 2 is 1.80 bits per heavy atom. The second-order valence-electron chi connectivity index (χ2n) is 1.77. The van der Waals surface area contributed by atoms with Crippen molar-refractivity contribution in [2.24, 2.45) is 0 Å². The lowest BCUT2D eigenvalue weighted by Crippen LogP contribution is -2.20. The van der Waals surface area contributed by atoms with E-state index in [1.807, 2.05) is 0 Å². The SMILES string of the molecule is CCCN(O)C(O)=C(O)O. The van der Waals surface area contributed by atoms with Gasteiger partial charge < -0.3 is 15.3 Å². The van der Waals surface area contributed by atoms with Crippen LogP contribution in [0.4, 0.5) is 0 Å². The van der Waals surface area contributed by atoms with Gasteiger partial charge in [-0.1, -0.05) is 6.92 Å². The fourth-order valence-corrected chi connectivity index (χ4v) is 0.433. The van der Waals surface area contributed by atoms with Crippen LogP contribution in [0.3, 0.4) is 0 Å². The molecule has 4 N–H and O–H groups in total. The summed E-state index contributed by atoms with van der Waals surface area (Å²) in [6.45, 7) is 1.92. The highest BCUT2D eigenvalue weighted by atomic mass is 16.5. The van der Waals surface area contributed by atoms with Gasteiger partial charge in [-0.3, -0.25) is 5.21 Å². The van der Waals surface area contributed by atoms with Gasteiger partial charge in [0.05, 0.1) is 0 Å². The van der Waals surface area contributed by atoms with E-state index in [0.29, 0.717) is 11.5 Å². The van der Waals surface area contributed by atoms with Crippen molar-refractivity contribution in [3.63, 3.8) is 0 Å². The minimum atomic E-state index is -1.28. The molecule has 0 spiro atoms. The third-order valence-corrected chi connectivity index (χ3v) is 0.880. The molecule has 10 heavy (non-hydrogen) atoms. The summed E-state index contributed by atoms with van der Waals surface area (Å²) in [5.74, 6) is -2.21. The second-order valence-corrected chi connectivity index (χ2v) is 1.77. The molecule has 0 rings (SSSR count). The fraction of sp³-hybridized carbons (Fsp3) is 0.600. The lowest BCUT2D eigenvalue weighted by molar-refractivity contribution is -0.105. The number of nitrogens with zero attached hydrogens (tertiary/aromatic N) is 1. The quantitative estimate of drug-likeness (QED) is 0.353. The van der Waals surface area contributed by atoms with E-state index in [4.69, 9.17) is 20.5 Å². The van der Waals surface area contributed by atoms with Crippen LogP contribution in [0.2, 0.25) is 0 Å². The van der Waals surface area contributed by atoms with Crippen molar-refractivity contribution in [2.45, 2.75) is 13.3 Å². The molecular weight excluding hydrogens is 138 g/mol. The van der Waals surface area contributed by atoms with Crippen LogP contribution in [-0.4, -0.2) is 32.1 Å². The van der Waals surface area contributed by atoms with E-state index in [1.165, 1.54) is 0 Å². The fourth-order valence-electron chi connectivity index (χ4n) is 0.433. The molecule has 0 aromatic rings. The zero-order valence-electron chi connectivity index (χ0n) is 5.65. The number of hydrogen-bond donors (Lipinski definition) is 4. The Balaban J connectivity index is 3.94. The number of aliphatic hydroxyl groups excluding tert-OH is 2.